The smallest absolute Gasteiger partial charge is 0.225 e. The van der Waals surface area contributed by atoms with E-state index in [4.69, 9.17) is 4.74 Å². The molecule has 0 radical (unpaired) electrons. The van der Waals surface area contributed by atoms with E-state index >= 15 is 0 Å². The molecule has 96 valence electrons. The Morgan fingerprint density at radius 3 is 3.06 bits per heavy atom. The van der Waals surface area contributed by atoms with Crippen LogP contribution in [0.2, 0.25) is 0 Å². The van der Waals surface area contributed by atoms with Crippen molar-refractivity contribution in [1.82, 2.24) is 9.97 Å². The maximum Gasteiger partial charge on any atom is 0.225 e. The van der Waals surface area contributed by atoms with Gasteiger partial charge in [-0.2, -0.15) is 16.7 Å². The molecule has 1 aromatic heterocycles. The van der Waals surface area contributed by atoms with Gasteiger partial charge in [0.15, 0.2) is 0 Å². The van der Waals surface area contributed by atoms with Crippen molar-refractivity contribution in [2.45, 2.75) is 20.3 Å². The quantitative estimate of drug-likeness (QED) is 0.774. The molecule has 0 aliphatic rings. The van der Waals surface area contributed by atoms with Crippen molar-refractivity contribution in [3.05, 3.63) is 12.3 Å². The summed E-state index contributed by atoms with van der Waals surface area (Å²) in [6, 6.07) is 1.78. The van der Waals surface area contributed by atoms with Crippen LogP contribution in [0.3, 0.4) is 0 Å². The molecule has 0 amide bonds. The van der Waals surface area contributed by atoms with Gasteiger partial charge in [0.05, 0.1) is 6.61 Å². The Balaban J connectivity index is 2.42. The van der Waals surface area contributed by atoms with Gasteiger partial charge < -0.3 is 10.1 Å². The average Bonchev–Trinajstić information content (AvgIpc) is 2.35. The number of rotatable bonds is 8. The molecular formula is C12H21N3OS. The summed E-state index contributed by atoms with van der Waals surface area (Å²) in [5, 5.41) is 3.23. The van der Waals surface area contributed by atoms with Crippen molar-refractivity contribution in [3.63, 3.8) is 0 Å². The van der Waals surface area contributed by atoms with Gasteiger partial charge >= 0.3 is 0 Å². The molecule has 0 bridgehead atoms. The number of ether oxygens (including phenoxy) is 1. The summed E-state index contributed by atoms with van der Waals surface area (Å²) in [7, 11) is 0. The van der Waals surface area contributed by atoms with E-state index in [1.807, 2.05) is 11.8 Å². The van der Waals surface area contributed by atoms with Gasteiger partial charge in [0.25, 0.3) is 0 Å². The lowest BCUT2D eigenvalue weighted by molar-refractivity contribution is 0.305. The largest absolute Gasteiger partial charge is 0.478 e. The van der Waals surface area contributed by atoms with Crippen LogP contribution in [0.1, 0.15) is 20.3 Å². The van der Waals surface area contributed by atoms with E-state index in [0.717, 1.165) is 18.7 Å². The number of nitrogens with zero attached hydrogens (tertiary/aromatic N) is 2. The molecule has 17 heavy (non-hydrogen) atoms. The van der Waals surface area contributed by atoms with Gasteiger partial charge in [-0.05, 0) is 24.3 Å². The highest BCUT2D eigenvalue weighted by Gasteiger charge is 2.03. The van der Waals surface area contributed by atoms with E-state index in [9.17, 15) is 0 Å². The molecule has 4 nitrogen and oxygen atoms in total. The summed E-state index contributed by atoms with van der Waals surface area (Å²) in [6.07, 6.45) is 4.82. The Morgan fingerprint density at radius 2 is 2.35 bits per heavy atom. The van der Waals surface area contributed by atoms with Crippen molar-refractivity contribution in [2.75, 3.05) is 30.5 Å². The fraction of sp³-hybridized carbons (Fsp3) is 0.667. The third kappa shape index (κ3) is 5.77. The second-order valence-electron chi connectivity index (χ2n) is 4.01. The van der Waals surface area contributed by atoms with Crippen LogP contribution in [0.15, 0.2) is 12.3 Å². The Morgan fingerprint density at radius 1 is 1.53 bits per heavy atom. The van der Waals surface area contributed by atoms with Crippen LogP contribution in [-0.4, -0.2) is 35.1 Å². The third-order valence-corrected chi connectivity index (χ3v) is 3.05. The molecule has 0 saturated carbocycles. The van der Waals surface area contributed by atoms with Gasteiger partial charge in [-0.3, -0.25) is 0 Å². The van der Waals surface area contributed by atoms with Gasteiger partial charge in [0.2, 0.25) is 11.8 Å². The summed E-state index contributed by atoms with van der Waals surface area (Å²) in [6.45, 7) is 5.86. The topological polar surface area (TPSA) is 47.0 Å². The van der Waals surface area contributed by atoms with Crippen molar-refractivity contribution in [2.24, 2.45) is 5.92 Å². The SMILES string of the molecule is CCCOc1ccnc(NCC(C)CSC)n1. The van der Waals surface area contributed by atoms with Gasteiger partial charge in [-0.1, -0.05) is 13.8 Å². The van der Waals surface area contributed by atoms with Crippen LogP contribution in [0.5, 0.6) is 5.88 Å². The minimum absolute atomic E-state index is 0.605. The number of hydrogen-bond donors (Lipinski definition) is 1. The summed E-state index contributed by atoms with van der Waals surface area (Å²) in [5.41, 5.74) is 0. The van der Waals surface area contributed by atoms with E-state index in [-0.39, 0.29) is 0 Å². The molecule has 5 heteroatoms. The number of nitrogens with one attached hydrogen (secondary N) is 1. The monoisotopic (exact) mass is 255 g/mol. The maximum atomic E-state index is 5.45. The molecule has 1 N–H and O–H groups in total. The first-order valence-electron chi connectivity index (χ1n) is 5.95. The van der Waals surface area contributed by atoms with Gasteiger partial charge in [0.1, 0.15) is 0 Å². The first-order chi connectivity index (χ1) is 8.26. The summed E-state index contributed by atoms with van der Waals surface area (Å²) in [5.74, 6) is 3.03. The Bertz CT molecular complexity index is 322. The lowest BCUT2D eigenvalue weighted by Crippen LogP contribution is -2.15. The van der Waals surface area contributed by atoms with Gasteiger partial charge in [0, 0.05) is 18.8 Å². The minimum Gasteiger partial charge on any atom is -0.478 e. The van der Waals surface area contributed by atoms with Crippen LogP contribution >= 0.6 is 11.8 Å². The summed E-state index contributed by atoms with van der Waals surface area (Å²) in [4.78, 5) is 8.46. The van der Waals surface area contributed by atoms with E-state index in [2.05, 4.69) is 35.4 Å². The molecule has 1 rings (SSSR count). The highest BCUT2D eigenvalue weighted by molar-refractivity contribution is 7.98. The molecule has 1 atom stereocenters. The fourth-order valence-corrected chi connectivity index (χ4v) is 2.01. The van der Waals surface area contributed by atoms with E-state index in [1.165, 1.54) is 0 Å². The van der Waals surface area contributed by atoms with E-state index < -0.39 is 0 Å². The summed E-state index contributed by atoms with van der Waals surface area (Å²) >= 11 is 1.85. The van der Waals surface area contributed by atoms with Crippen LogP contribution < -0.4 is 10.1 Å². The number of hydrogen-bond acceptors (Lipinski definition) is 5. The highest BCUT2D eigenvalue weighted by Crippen LogP contribution is 2.10. The van der Waals surface area contributed by atoms with Crippen molar-refractivity contribution in [1.29, 1.82) is 0 Å². The van der Waals surface area contributed by atoms with Crippen LogP contribution in [0.4, 0.5) is 5.95 Å². The fourth-order valence-electron chi connectivity index (χ4n) is 1.32. The molecule has 0 fully saturated rings. The normalized spacial score (nSPS) is 12.2. The van der Waals surface area contributed by atoms with E-state index in [0.29, 0.717) is 24.4 Å². The van der Waals surface area contributed by atoms with Crippen molar-refractivity contribution in [3.8, 4) is 5.88 Å². The Hall–Kier alpha value is -0.970. The second kappa shape index (κ2) is 8.17. The lowest BCUT2D eigenvalue weighted by Gasteiger charge is -2.11. The highest BCUT2D eigenvalue weighted by atomic mass is 32.2. The summed E-state index contributed by atoms with van der Waals surface area (Å²) < 4.78 is 5.45. The molecule has 0 spiro atoms. The van der Waals surface area contributed by atoms with Crippen LogP contribution in [0.25, 0.3) is 0 Å². The molecule has 1 unspecified atom stereocenters. The molecule has 1 heterocycles. The third-order valence-electron chi connectivity index (χ3n) is 2.14. The van der Waals surface area contributed by atoms with Gasteiger partial charge in [-0.15, -0.1) is 0 Å². The Labute approximate surface area is 108 Å². The predicted molar refractivity (Wildman–Crippen MR) is 73.9 cm³/mol. The lowest BCUT2D eigenvalue weighted by atomic mass is 10.2. The molecule has 1 aromatic rings. The molecule has 0 aliphatic heterocycles. The minimum atomic E-state index is 0.605. The number of thioether (sulfide) groups is 1. The van der Waals surface area contributed by atoms with Crippen molar-refractivity contribution >= 4 is 17.7 Å². The second-order valence-corrected chi connectivity index (χ2v) is 4.92. The predicted octanol–water partition coefficient (Wildman–Crippen LogP) is 2.68. The van der Waals surface area contributed by atoms with Crippen molar-refractivity contribution < 1.29 is 4.74 Å². The number of aromatic nitrogens is 2. The molecule has 0 aliphatic carbocycles. The molecule has 0 saturated heterocycles. The zero-order chi connectivity index (χ0) is 12.5. The molecular weight excluding hydrogens is 234 g/mol. The zero-order valence-electron chi connectivity index (χ0n) is 10.8. The zero-order valence-corrected chi connectivity index (χ0v) is 11.6. The first kappa shape index (κ1) is 14.1. The maximum absolute atomic E-state index is 5.45. The van der Waals surface area contributed by atoms with Gasteiger partial charge in [-0.25, -0.2) is 4.98 Å². The van der Waals surface area contributed by atoms with E-state index in [1.54, 1.807) is 12.3 Å². The number of anilines is 1. The molecule has 0 aromatic carbocycles. The first-order valence-corrected chi connectivity index (χ1v) is 7.34. The van der Waals surface area contributed by atoms with Crippen LogP contribution in [-0.2, 0) is 0 Å². The standard InChI is InChI=1S/C12H21N3OS/c1-4-7-16-11-5-6-13-12(15-11)14-8-10(2)9-17-3/h5-6,10H,4,7-9H2,1-3H3,(H,13,14,15). The van der Waals surface area contributed by atoms with Crippen LogP contribution in [0, 0.1) is 5.92 Å². The average molecular weight is 255 g/mol. The Kier molecular flexibility index (Phi) is 6.77.